The molecule has 29 heavy (non-hydrogen) atoms. The average Bonchev–Trinajstić information content (AvgIpc) is 2.60. The lowest BCUT2D eigenvalue weighted by Gasteiger charge is -2.12. The van der Waals surface area contributed by atoms with Crippen molar-refractivity contribution in [3.05, 3.63) is 58.6 Å². The molecule has 7 nitrogen and oxygen atoms in total. The molecule has 2 N–H and O–H groups in total. The summed E-state index contributed by atoms with van der Waals surface area (Å²) in [6.45, 7) is 5.35. The van der Waals surface area contributed by atoms with E-state index in [0.717, 1.165) is 5.56 Å². The first-order valence-corrected chi connectivity index (χ1v) is 10.8. The van der Waals surface area contributed by atoms with Crippen molar-refractivity contribution in [1.82, 2.24) is 5.32 Å². The van der Waals surface area contributed by atoms with E-state index in [2.05, 4.69) is 10.0 Å². The summed E-state index contributed by atoms with van der Waals surface area (Å²) in [7, 11) is -3.91. The Kier molecular flexibility index (Phi) is 7.64. The number of hydrogen-bond acceptors (Lipinski definition) is 5. The standard InChI is InChI=1S/C20H23ClN2O5S/c1-13(2)28-19(24)9-10-22-20(25)17-12-16(7-8-18(17)21)29(26,27)23-15-6-4-5-14(3)11-15/h4-8,11-13,23H,9-10H2,1-3H3,(H,22,25). The second kappa shape index (κ2) is 9.76. The molecule has 1 amide bonds. The van der Waals surface area contributed by atoms with Crippen molar-refractivity contribution in [2.75, 3.05) is 11.3 Å². The summed E-state index contributed by atoms with van der Waals surface area (Å²) < 4.78 is 32.8. The number of ether oxygens (including phenoxy) is 1. The van der Waals surface area contributed by atoms with Crippen LogP contribution >= 0.6 is 11.6 Å². The number of carbonyl (C=O) groups is 2. The lowest BCUT2D eigenvalue weighted by Crippen LogP contribution is -2.27. The van der Waals surface area contributed by atoms with Gasteiger partial charge in [-0.15, -0.1) is 0 Å². The number of hydrogen-bond donors (Lipinski definition) is 2. The van der Waals surface area contributed by atoms with Crippen molar-refractivity contribution < 1.29 is 22.7 Å². The third-order valence-corrected chi connectivity index (χ3v) is 5.45. The molecule has 0 bridgehead atoms. The van der Waals surface area contributed by atoms with Gasteiger partial charge < -0.3 is 10.1 Å². The molecule has 0 saturated carbocycles. The van der Waals surface area contributed by atoms with Gasteiger partial charge in [0, 0.05) is 12.2 Å². The van der Waals surface area contributed by atoms with Crippen LogP contribution in [0.2, 0.25) is 5.02 Å². The molecule has 0 heterocycles. The van der Waals surface area contributed by atoms with E-state index in [-0.39, 0.29) is 34.6 Å². The minimum absolute atomic E-state index is 0.00369. The number of benzene rings is 2. The zero-order chi connectivity index (χ0) is 21.6. The Morgan fingerprint density at radius 1 is 1.14 bits per heavy atom. The third-order valence-electron chi connectivity index (χ3n) is 3.74. The van der Waals surface area contributed by atoms with Crippen molar-refractivity contribution in [1.29, 1.82) is 0 Å². The molecule has 0 aliphatic carbocycles. The van der Waals surface area contributed by atoms with E-state index in [9.17, 15) is 18.0 Å². The molecule has 9 heteroatoms. The molecule has 2 aromatic rings. The summed E-state index contributed by atoms with van der Waals surface area (Å²) in [4.78, 5) is 23.8. The highest BCUT2D eigenvalue weighted by Crippen LogP contribution is 2.23. The number of anilines is 1. The van der Waals surface area contributed by atoms with E-state index in [1.54, 1.807) is 32.0 Å². The maximum atomic E-state index is 12.7. The lowest BCUT2D eigenvalue weighted by molar-refractivity contribution is -0.147. The molecule has 2 rings (SSSR count). The Morgan fingerprint density at radius 2 is 1.86 bits per heavy atom. The fraction of sp³-hybridized carbons (Fsp3) is 0.300. The van der Waals surface area contributed by atoms with Gasteiger partial charge in [-0.05, 0) is 56.7 Å². The molecule has 0 aromatic heterocycles. The van der Waals surface area contributed by atoms with Crippen LogP contribution < -0.4 is 10.0 Å². The number of halogens is 1. The quantitative estimate of drug-likeness (QED) is 0.614. The molecule has 2 aromatic carbocycles. The first-order chi connectivity index (χ1) is 13.6. The van der Waals surface area contributed by atoms with Crippen LogP contribution in [0.15, 0.2) is 47.4 Å². The Bertz CT molecular complexity index is 1010. The van der Waals surface area contributed by atoms with Crippen molar-refractivity contribution in [3.8, 4) is 0 Å². The number of rotatable bonds is 8. The van der Waals surface area contributed by atoms with Gasteiger partial charge in [0.2, 0.25) is 0 Å². The zero-order valence-corrected chi connectivity index (χ0v) is 17.9. The summed E-state index contributed by atoms with van der Waals surface area (Å²) in [5, 5.41) is 2.64. The topological polar surface area (TPSA) is 102 Å². The molecule has 0 aliphatic rings. The predicted molar refractivity (Wildman–Crippen MR) is 112 cm³/mol. The van der Waals surface area contributed by atoms with E-state index in [1.807, 2.05) is 13.0 Å². The summed E-state index contributed by atoms with van der Waals surface area (Å²) in [5.41, 5.74) is 1.31. The van der Waals surface area contributed by atoms with E-state index < -0.39 is 21.9 Å². The molecule has 0 aliphatic heterocycles. The van der Waals surface area contributed by atoms with Crippen LogP contribution in [0.25, 0.3) is 0 Å². The minimum atomic E-state index is -3.91. The van der Waals surface area contributed by atoms with Crippen molar-refractivity contribution in [3.63, 3.8) is 0 Å². The molecule has 0 fully saturated rings. The van der Waals surface area contributed by atoms with E-state index in [1.165, 1.54) is 18.2 Å². The molecule has 0 radical (unpaired) electrons. The number of sulfonamides is 1. The number of esters is 1. The predicted octanol–water partition coefficient (Wildman–Crippen LogP) is 3.52. The molecule has 156 valence electrons. The normalized spacial score (nSPS) is 11.2. The SMILES string of the molecule is Cc1cccc(NS(=O)(=O)c2ccc(Cl)c(C(=O)NCCC(=O)OC(C)C)c2)c1. The number of aryl methyl sites for hydroxylation is 1. The van der Waals surface area contributed by atoms with Crippen molar-refractivity contribution >= 4 is 39.2 Å². The first kappa shape index (κ1) is 22.7. The lowest BCUT2D eigenvalue weighted by atomic mass is 10.2. The maximum Gasteiger partial charge on any atom is 0.307 e. The van der Waals surface area contributed by atoms with E-state index in [0.29, 0.717) is 5.69 Å². The highest BCUT2D eigenvalue weighted by Gasteiger charge is 2.19. The highest BCUT2D eigenvalue weighted by atomic mass is 35.5. The largest absolute Gasteiger partial charge is 0.463 e. The third kappa shape index (κ3) is 6.76. The maximum absolute atomic E-state index is 12.7. The van der Waals surface area contributed by atoms with Gasteiger partial charge >= 0.3 is 5.97 Å². The van der Waals surface area contributed by atoms with E-state index >= 15 is 0 Å². The number of nitrogens with one attached hydrogen (secondary N) is 2. The number of carbonyl (C=O) groups excluding carboxylic acids is 2. The fourth-order valence-electron chi connectivity index (χ4n) is 2.46. The van der Waals surface area contributed by atoms with Gasteiger partial charge in [0.15, 0.2) is 0 Å². The van der Waals surface area contributed by atoms with Gasteiger partial charge in [0.25, 0.3) is 15.9 Å². The Hall–Kier alpha value is -2.58. The number of amides is 1. The van der Waals surface area contributed by atoms with Crippen molar-refractivity contribution in [2.24, 2.45) is 0 Å². The van der Waals surface area contributed by atoms with Crippen LogP contribution in [0.5, 0.6) is 0 Å². The van der Waals surface area contributed by atoms with Gasteiger partial charge in [-0.3, -0.25) is 14.3 Å². The van der Waals surface area contributed by atoms with E-state index in [4.69, 9.17) is 16.3 Å². The van der Waals surface area contributed by atoms with Crippen LogP contribution in [-0.4, -0.2) is 32.9 Å². The van der Waals surface area contributed by atoms with Gasteiger partial charge in [0.05, 0.1) is 28.0 Å². The monoisotopic (exact) mass is 438 g/mol. The molecular weight excluding hydrogens is 416 g/mol. The molecule has 0 saturated heterocycles. The molecule has 0 unspecified atom stereocenters. The summed E-state index contributed by atoms with van der Waals surface area (Å²) in [5.74, 6) is -1.02. The van der Waals surface area contributed by atoms with Crippen LogP contribution in [-0.2, 0) is 19.6 Å². The van der Waals surface area contributed by atoms with Gasteiger partial charge in [-0.1, -0.05) is 23.7 Å². The molecular formula is C20H23ClN2O5S. The second-order valence-electron chi connectivity index (χ2n) is 6.66. The zero-order valence-electron chi connectivity index (χ0n) is 16.4. The van der Waals surface area contributed by atoms with Gasteiger partial charge in [-0.2, -0.15) is 0 Å². The minimum Gasteiger partial charge on any atom is -0.463 e. The van der Waals surface area contributed by atoms with Crippen LogP contribution in [0.1, 0.15) is 36.2 Å². The van der Waals surface area contributed by atoms with Gasteiger partial charge in [-0.25, -0.2) is 8.42 Å². The first-order valence-electron chi connectivity index (χ1n) is 8.95. The van der Waals surface area contributed by atoms with Crippen LogP contribution in [0.4, 0.5) is 5.69 Å². The summed E-state index contributed by atoms with van der Waals surface area (Å²) >= 11 is 6.06. The smallest absolute Gasteiger partial charge is 0.307 e. The average molecular weight is 439 g/mol. The van der Waals surface area contributed by atoms with Gasteiger partial charge in [0.1, 0.15) is 0 Å². The van der Waals surface area contributed by atoms with Crippen LogP contribution in [0.3, 0.4) is 0 Å². The Balaban J connectivity index is 2.12. The van der Waals surface area contributed by atoms with Crippen LogP contribution in [0, 0.1) is 6.92 Å². The Labute approximate surface area is 175 Å². The fourth-order valence-corrected chi connectivity index (χ4v) is 3.74. The Morgan fingerprint density at radius 3 is 2.52 bits per heavy atom. The second-order valence-corrected chi connectivity index (χ2v) is 8.75. The summed E-state index contributed by atoms with van der Waals surface area (Å²) in [6.07, 6.45) is -0.246. The highest BCUT2D eigenvalue weighted by molar-refractivity contribution is 7.92. The molecule has 0 spiro atoms. The summed E-state index contributed by atoms with van der Waals surface area (Å²) in [6, 6.07) is 10.8. The van der Waals surface area contributed by atoms with Crippen molar-refractivity contribution in [2.45, 2.75) is 38.2 Å². The molecule has 0 atom stereocenters.